The van der Waals surface area contributed by atoms with E-state index in [-0.39, 0.29) is 29.7 Å². The second kappa shape index (κ2) is 11.9. The molecule has 1 aromatic rings. The number of carbonyl (C=O) groups excluding carboxylic acids is 3. The first-order valence-corrected chi connectivity index (χ1v) is 11.4. The van der Waals surface area contributed by atoms with Gasteiger partial charge in [0.2, 0.25) is 5.91 Å². The summed E-state index contributed by atoms with van der Waals surface area (Å²) in [6, 6.07) is 7.21. The molecular weight excluding hydrogens is 388 g/mol. The molecule has 0 spiro atoms. The lowest BCUT2D eigenvalue weighted by Crippen LogP contribution is -2.41. The molecule has 1 atom stereocenters. The highest BCUT2D eigenvalue weighted by Crippen LogP contribution is 2.24. The quantitative estimate of drug-likeness (QED) is 0.381. The SMILES string of the molecule is CC(C)NC(=O)CSc1ccccc1C(=O)O[C@H](C)C(=O)NC1CCCCCC1. The molecule has 6 nitrogen and oxygen atoms in total. The third-order valence-electron chi connectivity index (χ3n) is 4.77. The number of amides is 2. The van der Waals surface area contributed by atoms with E-state index in [2.05, 4.69) is 10.6 Å². The van der Waals surface area contributed by atoms with Crippen LogP contribution in [-0.4, -0.2) is 41.7 Å². The molecule has 0 heterocycles. The molecule has 1 aliphatic carbocycles. The Balaban J connectivity index is 1.92. The Morgan fingerprint density at radius 3 is 2.38 bits per heavy atom. The van der Waals surface area contributed by atoms with Gasteiger partial charge in [0.15, 0.2) is 6.10 Å². The van der Waals surface area contributed by atoms with Crippen LogP contribution in [0.4, 0.5) is 0 Å². The molecule has 0 bridgehead atoms. The number of carbonyl (C=O) groups is 3. The molecule has 1 fully saturated rings. The number of hydrogen-bond donors (Lipinski definition) is 2. The van der Waals surface area contributed by atoms with E-state index in [0.717, 1.165) is 25.7 Å². The van der Waals surface area contributed by atoms with E-state index in [9.17, 15) is 14.4 Å². The first kappa shape index (κ1) is 23.3. The van der Waals surface area contributed by atoms with Crippen LogP contribution < -0.4 is 10.6 Å². The number of rotatable bonds is 8. The zero-order valence-corrected chi connectivity index (χ0v) is 18.3. The Morgan fingerprint density at radius 1 is 1.07 bits per heavy atom. The fourth-order valence-electron chi connectivity index (χ4n) is 3.29. The first-order chi connectivity index (χ1) is 13.9. The Bertz CT molecular complexity index is 700. The summed E-state index contributed by atoms with van der Waals surface area (Å²) in [5.41, 5.74) is 0.365. The average Bonchev–Trinajstić information content (AvgIpc) is 2.94. The van der Waals surface area contributed by atoms with Gasteiger partial charge in [-0.2, -0.15) is 0 Å². The van der Waals surface area contributed by atoms with Crippen LogP contribution in [0.15, 0.2) is 29.2 Å². The molecule has 2 amide bonds. The van der Waals surface area contributed by atoms with Gasteiger partial charge in [0.05, 0.1) is 11.3 Å². The van der Waals surface area contributed by atoms with Crippen LogP contribution in [0, 0.1) is 0 Å². The Hall–Kier alpha value is -2.02. The summed E-state index contributed by atoms with van der Waals surface area (Å²) < 4.78 is 5.42. The van der Waals surface area contributed by atoms with Crippen molar-refractivity contribution >= 4 is 29.5 Å². The van der Waals surface area contributed by atoms with E-state index in [1.807, 2.05) is 19.9 Å². The zero-order valence-electron chi connectivity index (χ0n) is 17.5. The summed E-state index contributed by atoms with van der Waals surface area (Å²) >= 11 is 1.28. The normalized spacial score (nSPS) is 16.0. The van der Waals surface area contributed by atoms with Crippen LogP contribution in [0.25, 0.3) is 0 Å². The molecular formula is C22H32N2O4S. The van der Waals surface area contributed by atoms with Gasteiger partial charge >= 0.3 is 5.97 Å². The second-order valence-electron chi connectivity index (χ2n) is 7.75. The molecule has 2 N–H and O–H groups in total. The van der Waals surface area contributed by atoms with E-state index < -0.39 is 12.1 Å². The van der Waals surface area contributed by atoms with E-state index >= 15 is 0 Å². The summed E-state index contributed by atoms with van der Waals surface area (Å²) in [6.45, 7) is 5.39. The highest BCUT2D eigenvalue weighted by Gasteiger charge is 2.23. The predicted octanol–water partition coefficient (Wildman–Crippen LogP) is 3.69. The highest BCUT2D eigenvalue weighted by molar-refractivity contribution is 8.00. The highest BCUT2D eigenvalue weighted by atomic mass is 32.2. The monoisotopic (exact) mass is 420 g/mol. The summed E-state index contributed by atoms with van der Waals surface area (Å²) in [7, 11) is 0. The van der Waals surface area contributed by atoms with Crippen molar-refractivity contribution in [2.75, 3.05) is 5.75 Å². The minimum atomic E-state index is -0.868. The van der Waals surface area contributed by atoms with Gasteiger partial charge in [-0.3, -0.25) is 9.59 Å². The van der Waals surface area contributed by atoms with Crippen LogP contribution >= 0.6 is 11.8 Å². The Morgan fingerprint density at radius 2 is 1.72 bits per heavy atom. The average molecular weight is 421 g/mol. The van der Waals surface area contributed by atoms with Crippen molar-refractivity contribution in [1.29, 1.82) is 0 Å². The molecule has 0 radical (unpaired) electrons. The lowest BCUT2D eigenvalue weighted by atomic mass is 10.1. The topological polar surface area (TPSA) is 84.5 Å². The van der Waals surface area contributed by atoms with Crippen molar-refractivity contribution in [3.8, 4) is 0 Å². The summed E-state index contributed by atoms with van der Waals surface area (Å²) in [5.74, 6) is -0.697. The van der Waals surface area contributed by atoms with Gasteiger partial charge in [-0.05, 0) is 45.7 Å². The maximum absolute atomic E-state index is 12.6. The summed E-state index contributed by atoms with van der Waals surface area (Å²) in [5, 5.41) is 5.84. The number of ether oxygens (including phenoxy) is 1. The van der Waals surface area contributed by atoms with Crippen molar-refractivity contribution in [1.82, 2.24) is 10.6 Å². The van der Waals surface area contributed by atoms with E-state index in [1.54, 1.807) is 25.1 Å². The Labute approximate surface area is 177 Å². The lowest BCUT2D eigenvalue weighted by molar-refractivity contribution is -0.130. The lowest BCUT2D eigenvalue weighted by Gasteiger charge is -2.20. The van der Waals surface area contributed by atoms with E-state index in [0.29, 0.717) is 10.5 Å². The number of nitrogens with one attached hydrogen (secondary N) is 2. The molecule has 2 rings (SSSR count). The van der Waals surface area contributed by atoms with Gasteiger partial charge in [-0.25, -0.2) is 4.79 Å². The van der Waals surface area contributed by atoms with Crippen LogP contribution in [0.3, 0.4) is 0 Å². The third kappa shape index (κ3) is 8.09. The standard InChI is InChI=1S/C22H32N2O4S/c1-15(2)23-20(25)14-29-19-13-9-8-12-18(19)22(27)28-16(3)21(26)24-17-10-6-4-5-7-11-17/h8-9,12-13,15-17H,4-7,10-11,14H2,1-3H3,(H,23,25)(H,24,26)/t16-/m1/s1. The Kier molecular flexibility index (Phi) is 9.51. The molecule has 7 heteroatoms. The first-order valence-electron chi connectivity index (χ1n) is 10.4. The largest absolute Gasteiger partial charge is 0.449 e. The number of thioether (sulfide) groups is 1. The van der Waals surface area contributed by atoms with Gasteiger partial charge < -0.3 is 15.4 Å². The molecule has 1 aromatic carbocycles. The molecule has 1 saturated carbocycles. The minimum absolute atomic E-state index is 0.0659. The maximum Gasteiger partial charge on any atom is 0.340 e. The van der Waals surface area contributed by atoms with Crippen molar-refractivity contribution < 1.29 is 19.1 Å². The van der Waals surface area contributed by atoms with Gasteiger partial charge in [0.1, 0.15) is 0 Å². The van der Waals surface area contributed by atoms with Crippen molar-refractivity contribution in [3.05, 3.63) is 29.8 Å². The molecule has 0 aliphatic heterocycles. The second-order valence-corrected chi connectivity index (χ2v) is 8.77. The summed E-state index contributed by atoms with van der Waals surface area (Å²) in [6.07, 6.45) is 5.74. The number of benzene rings is 1. The van der Waals surface area contributed by atoms with E-state index in [1.165, 1.54) is 24.6 Å². The van der Waals surface area contributed by atoms with Gasteiger partial charge in [-0.1, -0.05) is 37.8 Å². The van der Waals surface area contributed by atoms with Gasteiger partial charge in [0, 0.05) is 17.0 Å². The molecule has 1 aliphatic rings. The third-order valence-corrected chi connectivity index (χ3v) is 5.84. The smallest absolute Gasteiger partial charge is 0.340 e. The van der Waals surface area contributed by atoms with Crippen molar-refractivity contribution in [3.63, 3.8) is 0 Å². The summed E-state index contributed by atoms with van der Waals surface area (Å²) in [4.78, 5) is 37.6. The van der Waals surface area contributed by atoms with Crippen LogP contribution in [0.5, 0.6) is 0 Å². The van der Waals surface area contributed by atoms with Crippen LogP contribution in [0.1, 0.15) is 69.7 Å². The van der Waals surface area contributed by atoms with E-state index in [4.69, 9.17) is 4.74 Å². The van der Waals surface area contributed by atoms with Gasteiger partial charge in [-0.15, -0.1) is 11.8 Å². The van der Waals surface area contributed by atoms with Crippen molar-refractivity contribution in [2.45, 2.75) is 82.4 Å². The molecule has 0 unspecified atom stereocenters. The molecule has 160 valence electrons. The predicted molar refractivity (Wildman–Crippen MR) is 115 cm³/mol. The molecule has 0 aromatic heterocycles. The zero-order chi connectivity index (χ0) is 21.2. The fourth-order valence-corrected chi connectivity index (χ4v) is 4.14. The number of esters is 1. The van der Waals surface area contributed by atoms with Crippen LogP contribution in [-0.2, 0) is 14.3 Å². The van der Waals surface area contributed by atoms with Gasteiger partial charge in [0.25, 0.3) is 5.91 Å². The van der Waals surface area contributed by atoms with Crippen LogP contribution in [0.2, 0.25) is 0 Å². The maximum atomic E-state index is 12.6. The molecule has 29 heavy (non-hydrogen) atoms. The molecule has 0 saturated heterocycles. The fraction of sp³-hybridized carbons (Fsp3) is 0.591. The minimum Gasteiger partial charge on any atom is -0.449 e. The number of hydrogen-bond acceptors (Lipinski definition) is 5. The van der Waals surface area contributed by atoms with Crippen molar-refractivity contribution in [2.24, 2.45) is 0 Å².